The number of unbranched alkanes of at least 4 members (excludes halogenated alkanes) is 26. The van der Waals surface area contributed by atoms with Gasteiger partial charge in [-0.25, -0.2) is 0 Å². The van der Waals surface area contributed by atoms with Gasteiger partial charge in [0.1, 0.15) is 46.0 Å². The number of hydrogen-bond acceptors (Lipinski definition) is 8. The van der Waals surface area contributed by atoms with E-state index in [-0.39, 0.29) is 24.9 Å². The van der Waals surface area contributed by atoms with E-state index in [9.17, 15) is 0 Å². The summed E-state index contributed by atoms with van der Waals surface area (Å²) < 4.78 is 30.0. The van der Waals surface area contributed by atoms with Crippen molar-refractivity contribution in [3.05, 3.63) is 166 Å². The number of fused-ring (bicyclic) bond motifs is 2. The van der Waals surface area contributed by atoms with Crippen LogP contribution < -0.4 is 18.9 Å². The van der Waals surface area contributed by atoms with Gasteiger partial charge in [-0.3, -0.25) is 29.0 Å². The summed E-state index contributed by atoms with van der Waals surface area (Å²) >= 11 is 0. The molecule has 4 amide bonds. The van der Waals surface area contributed by atoms with Gasteiger partial charge in [0.15, 0.2) is 0 Å². The van der Waals surface area contributed by atoms with Gasteiger partial charge in [0, 0.05) is 56.2 Å². The van der Waals surface area contributed by atoms with Crippen LogP contribution in [0.5, 0.6) is 46.0 Å². The molecule has 0 bridgehead atoms. The molecule has 2 unspecified atom stereocenters. The van der Waals surface area contributed by atoms with E-state index in [4.69, 9.17) is 18.9 Å². The highest BCUT2D eigenvalue weighted by atomic mass is 16.5. The molecule has 2 aliphatic rings. The molecule has 11 rings (SSSR count). The van der Waals surface area contributed by atoms with Crippen molar-refractivity contribution < 1.29 is 38.1 Å². The molecular formula is C100H130N2O8. The van der Waals surface area contributed by atoms with Gasteiger partial charge in [-0.1, -0.05) is 297 Å². The molecule has 10 nitrogen and oxygen atoms in total. The number of rotatable bonds is 52. The fraction of sp³-hybridized carbons (Fsp3) is 0.520. The average Bonchev–Trinajstić information content (AvgIpc) is 0.672. The first kappa shape index (κ1) is 82.7. The number of benzene rings is 9. The standard InChI is InChI=1S/C100H130N2O8/c1-9-17-23-27-31-35-39-45-73-49-57-77(58-50-73)107-85-65-81-89-82(98(104)101(97(81)103)69-71(15-7)43-21-13-5)67-87(109-79-61-53-75(54-62-79)47-41-37-33-29-25-19-11-3)93-94-88(110-80-63-55-76(56-64-80)48-42-38-34-30-26-20-12-4)68-84-90-83(99(105)102(100(84)106)70-72(16-8)44-22-14-6)66-86(92(96(90)94)91(85)95(89)93)108-78-59-51-74(52-60-78)46-40-36-32-28-24-18-10-2/h49-68,71-72H,9-48,69-70H2,1-8H3. The molecule has 0 aromatic heterocycles. The van der Waals surface area contributed by atoms with Gasteiger partial charge in [0.05, 0.1) is 22.3 Å². The summed E-state index contributed by atoms with van der Waals surface area (Å²) in [7, 11) is 0. The van der Waals surface area contributed by atoms with Crippen molar-refractivity contribution >= 4 is 66.7 Å². The molecule has 9 aromatic carbocycles. The number of aryl methyl sites for hydroxylation is 4. The van der Waals surface area contributed by atoms with Crippen LogP contribution in [0.3, 0.4) is 0 Å². The molecule has 0 aliphatic carbocycles. The number of nitrogens with zero attached hydrogens (tertiary/aromatic N) is 2. The molecule has 10 heteroatoms. The number of ether oxygens (including phenoxy) is 4. The molecule has 0 fully saturated rings. The molecule has 0 saturated heterocycles. The van der Waals surface area contributed by atoms with Crippen LogP contribution in [0.1, 0.15) is 350 Å². The predicted octanol–water partition coefficient (Wildman–Crippen LogP) is 29.7. The fourth-order valence-electron chi connectivity index (χ4n) is 17.2. The average molecular weight is 1490 g/mol. The quantitative estimate of drug-likeness (QED) is 0.0160. The molecule has 0 N–H and O–H groups in total. The minimum absolute atomic E-state index is 0.0723. The maximum absolute atomic E-state index is 16.1. The van der Waals surface area contributed by atoms with Crippen molar-refractivity contribution in [1.29, 1.82) is 0 Å². The van der Waals surface area contributed by atoms with Crippen LogP contribution in [0.25, 0.3) is 43.1 Å². The lowest BCUT2D eigenvalue weighted by atomic mass is 9.80. The highest BCUT2D eigenvalue weighted by Crippen LogP contribution is 2.58. The molecule has 9 aromatic rings. The molecule has 588 valence electrons. The second kappa shape index (κ2) is 42.4. The van der Waals surface area contributed by atoms with E-state index in [2.05, 4.69) is 104 Å². The number of amides is 4. The smallest absolute Gasteiger partial charge is 0.261 e. The maximum atomic E-state index is 16.1. The van der Waals surface area contributed by atoms with Gasteiger partial charge in [-0.15, -0.1) is 0 Å². The Balaban J connectivity index is 1.18. The van der Waals surface area contributed by atoms with Crippen LogP contribution in [-0.4, -0.2) is 46.5 Å². The first-order valence-electron chi connectivity index (χ1n) is 44.1. The zero-order valence-electron chi connectivity index (χ0n) is 68.6. The summed E-state index contributed by atoms with van der Waals surface area (Å²) in [6.07, 6.45) is 45.2. The summed E-state index contributed by atoms with van der Waals surface area (Å²) in [5.74, 6) is 2.21. The van der Waals surface area contributed by atoms with Crippen LogP contribution in [0.4, 0.5) is 0 Å². The lowest BCUT2D eigenvalue weighted by Crippen LogP contribution is -2.43. The number of carbonyl (C=O) groups is 4. The van der Waals surface area contributed by atoms with Crippen molar-refractivity contribution in [2.75, 3.05) is 13.1 Å². The van der Waals surface area contributed by atoms with E-state index in [1.54, 1.807) is 0 Å². The number of carbonyl (C=O) groups excluding carboxylic acids is 4. The topological polar surface area (TPSA) is 112 Å². The molecular weight excluding hydrogens is 1360 g/mol. The lowest BCUT2D eigenvalue weighted by molar-refractivity contribution is 0.0565. The first-order valence-corrected chi connectivity index (χ1v) is 44.1. The summed E-state index contributed by atoms with van der Waals surface area (Å²) in [4.78, 5) is 67.5. The van der Waals surface area contributed by atoms with Crippen LogP contribution in [0.2, 0.25) is 0 Å². The lowest BCUT2D eigenvalue weighted by Gasteiger charge is -2.34. The molecule has 0 radical (unpaired) electrons. The minimum Gasteiger partial charge on any atom is -0.457 e. The van der Waals surface area contributed by atoms with E-state index in [1.807, 2.05) is 72.8 Å². The molecule has 0 saturated carbocycles. The predicted molar refractivity (Wildman–Crippen MR) is 458 cm³/mol. The summed E-state index contributed by atoms with van der Waals surface area (Å²) in [6.45, 7) is 18.2. The number of hydrogen-bond donors (Lipinski definition) is 0. The van der Waals surface area contributed by atoms with Crippen LogP contribution in [0.15, 0.2) is 121 Å². The third-order valence-corrected chi connectivity index (χ3v) is 23.9. The third kappa shape index (κ3) is 20.9. The zero-order valence-corrected chi connectivity index (χ0v) is 68.6. The monoisotopic (exact) mass is 1490 g/mol. The maximum Gasteiger partial charge on any atom is 0.261 e. The Morgan fingerprint density at radius 3 is 0.664 bits per heavy atom. The van der Waals surface area contributed by atoms with E-state index >= 15 is 19.2 Å². The van der Waals surface area contributed by atoms with Gasteiger partial charge in [0.25, 0.3) is 23.6 Å². The van der Waals surface area contributed by atoms with Crippen molar-refractivity contribution in [2.24, 2.45) is 11.8 Å². The highest BCUT2D eigenvalue weighted by molar-refractivity contribution is 6.45. The van der Waals surface area contributed by atoms with E-state index in [1.165, 1.54) is 186 Å². The summed E-state index contributed by atoms with van der Waals surface area (Å²) in [5.41, 5.74) is 6.18. The Morgan fingerprint density at radius 2 is 0.455 bits per heavy atom. The Morgan fingerprint density at radius 1 is 0.245 bits per heavy atom. The van der Waals surface area contributed by atoms with Crippen LogP contribution in [-0.2, 0) is 25.7 Å². The Labute approximate surface area is 659 Å². The summed E-state index contributed by atoms with van der Waals surface area (Å²) in [6, 6.07) is 40.8. The Kier molecular flexibility index (Phi) is 31.9. The zero-order chi connectivity index (χ0) is 77.1. The molecule has 0 spiro atoms. The van der Waals surface area contributed by atoms with Gasteiger partial charge in [-0.2, -0.15) is 0 Å². The number of imide groups is 2. The van der Waals surface area contributed by atoms with Crippen molar-refractivity contribution in [3.63, 3.8) is 0 Å². The third-order valence-electron chi connectivity index (χ3n) is 23.9. The van der Waals surface area contributed by atoms with E-state index in [0.717, 1.165) is 103 Å². The largest absolute Gasteiger partial charge is 0.457 e. The Hall–Kier alpha value is -8.24. The minimum atomic E-state index is -0.396. The fourth-order valence-corrected chi connectivity index (χ4v) is 17.2. The van der Waals surface area contributed by atoms with E-state index in [0.29, 0.717) is 111 Å². The molecule has 2 atom stereocenters. The van der Waals surface area contributed by atoms with Crippen LogP contribution in [0, 0.1) is 11.8 Å². The normalized spacial score (nSPS) is 13.5. The van der Waals surface area contributed by atoms with Crippen LogP contribution >= 0.6 is 0 Å². The van der Waals surface area contributed by atoms with E-state index < -0.39 is 23.6 Å². The second-order valence-corrected chi connectivity index (χ2v) is 32.4. The molecule has 110 heavy (non-hydrogen) atoms. The van der Waals surface area contributed by atoms with Gasteiger partial charge >= 0.3 is 0 Å². The first-order chi connectivity index (χ1) is 53.9. The highest BCUT2D eigenvalue weighted by Gasteiger charge is 2.42. The second-order valence-electron chi connectivity index (χ2n) is 32.4. The molecule has 2 aliphatic heterocycles. The van der Waals surface area contributed by atoms with Gasteiger partial charge < -0.3 is 18.9 Å². The summed E-state index contributed by atoms with van der Waals surface area (Å²) in [5, 5.41) is 4.20. The van der Waals surface area contributed by atoms with Crippen molar-refractivity contribution in [3.8, 4) is 46.0 Å². The SMILES string of the molecule is CCCCCCCCCc1ccc(Oc2cc3c4c(cc(Oc5ccc(CCCCCCCCC)cc5)c5c6c(Oc7ccc(CCCCCCCCC)cc7)cc7c8c(cc(Oc9ccc(CCCCCCCCC)cc9)c(c2c45)c86)C(=O)N(CC(CC)CCCC)C7=O)C(=O)N(CC(CC)CCCC)C3=O)cc1. The van der Waals surface area contributed by atoms with Gasteiger partial charge in [0.2, 0.25) is 0 Å². The van der Waals surface area contributed by atoms with Crippen molar-refractivity contribution in [2.45, 2.75) is 312 Å². The van der Waals surface area contributed by atoms with Gasteiger partial charge in [-0.05, 0) is 171 Å². The Bertz CT molecular complexity index is 3880. The van der Waals surface area contributed by atoms with Crippen molar-refractivity contribution in [1.82, 2.24) is 9.80 Å². The molecule has 2 heterocycles.